The first-order valence-corrected chi connectivity index (χ1v) is 9.47. The van der Waals surface area contributed by atoms with Crippen molar-refractivity contribution in [1.29, 1.82) is 0 Å². The number of ether oxygens (including phenoxy) is 1. The molecule has 1 aliphatic heterocycles. The molecule has 1 saturated heterocycles. The molecule has 1 aliphatic rings. The lowest BCUT2D eigenvalue weighted by molar-refractivity contribution is -0.148. The van der Waals surface area contributed by atoms with Crippen LogP contribution in [-0.4, -0.2) is 38.4 Å². The molecule has 0 spiro atoms. The van der Waals surface area contributed by atoms with E-state index >= 15 is 0 Å². The van der Waals surface area contributed by atoms with Crippen molar-refractivity contribution in [1.82, 2.24) is 0 Å². The lowest BCUT2D eigenvalue weighted by Crippen LogP contribution is -2.22. The average Bonchev–Trinajstić information content (AvgIpc) is 2.79. The number of carbonyl (C=O) groups excluding carboxylic acids is 2. The first-order valence-electron chi connectivity index (χ1n) is 6.86. The Bertz CT molecular complexity index is 722. The highest BCUT2D eigenvalue weighted by Gasteiger charge is 2.30. The summed E-state index contributed by atoms with van der Waals surface area (Å²) in [5.41, 5.74) is -0.0175. The van der Waals surface area contributed by atoms with Crippen LogP contribution in [0.5, 0.6) is 0 Å². The minimum atomic E-state index is -3.05. The van der Waals surface area contributed by atoms with Gasteiger partial charge in [0.2, 0.25) is 0 Å². The number of halogens is 2. The number of esters is 1. The zero-order chi connectivity index (χ0) is 17.0. The Kier molecular flexibility index (Phi) is 5.74. The summed E-state index contributed by atoms with van der Waals surface area (Å²) in [7, 11) is -3.05. The molecule has 1 atom stereocenters. The maximum absolute atomic E-state index is 13.5. The quantitative estimate of drug-likeness (QED) is 0.752. The summed E-state index contributed by atoms with van der Waals surface area (Å²) in [5, 5.41) is 2.29. The molecule has 1 amide bonds. The van der Waals surface area contributed by atoms with Crippen LogP contribution in [0.4, 0.5) is 10.1 Å². The van der Waals surface area contributed by atoms with Crippen LogP contribution in [0.3, 0.4) is 0 Å². The molecule has 9 heteroatoms. The van der Waals surface area contributed by atoms with Crippen LogP contribution in [0.2, 0.25) is 0 Å². The smallest absolute Gasteiger partial charge is 0.306 e. The Morgan fingerprint density at radius 1 is 1.39 bits per heavy atom. The Morgan fingerprint density at radius 3 is 2.74 bits per heavy atom. The molecule has 23 heavy (non-hydrogen) atoms. The van der Waals surface area contributed by atoms with E-state index in [0.717, 1.165) is 0 Å². The van der Waals surface area contributed by atoms with Gasteiger partial charge in [-0.15, -0.1) is 0 Å². The molecule has 1 aromatic rings. The summed E-state index contributed by atoms with van der Waals surface area (Å²) >= 11 is 3.10. The molecule has 0 radical (unpaired) electrons. The van der Waals surface area contributed by atoms with Crippen molar-refractivity contribution in [2.75, 3.05) is 23.4 Å². The van der Waals surface area contributed by atoms with Crippen molar-refractivity contribution in [2.24, 2.45) is 5.92 Å². The zero-order valence-corrected chi connectivity index (χ0v) is 14.5. The second kappa shape index (κ2) is 7.39. The monoisotopic (exact) mass is 407 g/mol. The molecule has 126 valence electrons. The van der Waals surface area contributed by atoms with Gasteiger partial charge in [0, 0.05) is 10.9 Å². The van der Waals surface area contributed by atoms with Gasteiger partial charge in [0.1, 0.15) is 5.82 Å². The second-order valence-electron chi connectivity index (χ2n) is 5.31. The van der Waals surface area contributed by atoms with E-state index in [4.69, 9.17) is 4.74 Å². The first kappa shape index (κ1) is 17.9. The van der Waals surface area contributed by atoms with Gasteiger partial charge in [-0.3, -0.25) is 9.59 Å². The Hall–Kier alpha value is -1.48. The van der Waals surface area contributed by atoms with Crippen molar-refractivity contribution in [3.63, 3.8) is 0 Å². The molecule has 0 aliphatic carbocycles. The molecule has 1 heterocycles. The molecule has 6 nitrogen and oxygen atoms in total. The van der Waals surface area contributed by atoms with Crippen LogP contribution >= 0.6 is 15.9 Å². The lowest BCUT2D eigenvalue weighted by Gasteiger charge is -2.09. The summed E-state index contributed by atoms with van der Waals surface area (Å²) < 4.78 is 41.5. The Morgan fingerprint density at radius 2 is 2.13 bits per heavy atom. The summed E-state index contributed by atoms with van der Waals surface area (Å²) in [6.07, 6.45) is 0.382. The fourth-order valence-corrected chi connectivity index (χ4v) is 4.45. The summed E-state index contributed by atoms with van der Waals surface area (Å²) in [6, 6.07) is 4.13. The van der Waals surface area contributed by atoms with E-state index in [0.29, 0.717) is 10.9 Å². The number of amides is 1. The molecular formula is C14H15BrFNO5S. The van der Waals surface area contributed by atoms with Gasteiger partial charge < -0.3 is 10.1 Å². The van der Waals surface area contributed by atoms with Crippen molar-refractivity contribution < 1.29 is 27.1 Å². The van der Waals surface area contributed by atoms with Crippen molar-refractivity contribution in [3.8, 4) is 0 Å². The molecule has 0 aromatic heterocycles. The van der Waals surface area contributed by atoms with Crippen LogP contribution in [0.25, 0.3) is 0 Å². The SMILES string of the molecule is O=C(COC(=O)C[C@H]1CCS(=O)(=O)C1)Nc1ccc(Br)cc1F. The molecular weight excluding hydrogens is 393 g/mol. The molecule has 0 bridgehead atoms. The number of carbonyl (C=O) groups is 2. The van der Waals surface area contributed by atoms with E-state index < -0.39 is 34.1 Å². The molecule has 1 aromatic carbocycles. The third-order valence-corrected chi connectivity index (χ3v) is 5.68. The van der Waals surface area contributed by atoms with Gasteiger partial charge in [-0.1, -0.05) is 15.9 Å². The minimum Gasteiger partial charge on any atom is -0.456 e. The van der Waals surface area contributed by atoms with Gasteiger partial charge in [0.15, 0.2) is 16.4 Å². The van der Waals surface area contributed by atoms with E-state index in [1.807, 2.05) is 0 Å². The normalized spacial score (nSPS) is 19.3. The van der Waals surface area contributed by atoms with Gasteiger partial charge in [-0.2, -0.15) is 0 Å². The third kappa shape index (κ3) is 5.58. The van der Waals surface area contributed by atoms with Gasteiger partial charge in [-0.05, 0) is 30.5 Å². The number of anilines is 1. The van der Waals surface area contributed by atoms with Crippen molar-refractivity contribution >= 4 is 43.3 Å². The zero-order valence-electron chi connectivity index (χ0n) is 12.1. The van der Waals surface area contributed by atoms with E-state index in [1.54, 1.807) is 6.07 Å². The number of hydrogen-bond acceptors (Lipinski definition) is 5. The highest BCUT2D eigenvalue weighted by atomic mass is 79.9. The predicted molar refractivity (Wildman–Crippen MR) is 85.1 cm³/mol. The van der Waals surface area contributed by atoms with Crippen LogP contribution in [-0.2, 0) is 24.2 Å². The largest absolute Gasteiger partial charge is 0.456 e. The van der Waals surface area contributed by atoms with E-state index in [-0.39, 0.29) is 29.5 Å². The van der Waals surface area contributed by atoms with Gasteiger partial charge >= 0.3 is 5.97 Å². The predicted octanol–water partition coefficient (Wildman–Crippen LogP) is 1.89. The fraction of sp³-hybridized carbons (Fsp3) is 0.429. The minimum absolute atomic E-state index is 0.0175. The molecule has 1 N–H and O–H groups in total. The van der Waals surface area contributed by atoms with E-state index in [2.05, 4.69) is 21.2 Å². The molecule has 2 rings (SSSR count). The van der Waals surface area contributed by atoms with E-state index in [9.17, 15) is 22.4 Å². The lowest BCUT2D eigenvalue weighted by atomic mass is 10.1. The molecule has 1 fully saturated rings. The summed E-state index contributed by atoms with van der Waals surface area (Å²) in [6.45, 7) is -0.548. The average molecular weight is 408 g/mol. The molecule has 0 unspecified atom stereocenters. The molecule has 0 saturated carbocycles. The second-order valence-corrected chi connectivity index (χ2v) is 8.45. The van der Waals surface area contributed by atoms with Gasteiger partial charge in [-0.25, -0.2) is 12.8 Å². The summed E-state index contributed by atoms with van der Waals surface area (Å²) in [4.78, 5) is 23.2. The number of nitrogens with one attached hydrogen (secondary N) is 1. The third-order valence-electron chi connectivity index (χ3n) is 3.35. The maximum atomic E-state index is 13.5. The Balaban J connectivity index is 1.77. The van der Waals surface area contributed by atoms with E-state index in [1.165, 1.54) is 12.1 Å². The van der Waals surface area contributed by atoms with Crippen LogP contribution in [0.1, 0.15) is 12.8 Å². The van der Waals surface area contributed by atoms with Crippen molar-refractivity contribution in [3.05, 3.63) is 28.5 Å². The topological polar surface area (TPSA) is 89.5 Å². The maximum Gasteiger partial charge on any atom is 0.306 e. The number of rotatable bonds is 5. The van der Waals surface area contributed by atoms with Crippen LogP contribution in [0, 0.1) is 11.7 Å². The highest BCUT2D eigenvalue weighted by molar-refractivity contribution is 9.10. The Labute approximate surface area is 141 Å². The number of hydrogen-bond donors (Lipinski definition) is 1. The van der Waals surface area contributed by atoms with Gasteiger partial charge in [0.25, 0.3) is 5.91 Å². The van der Waals surface area contributed by atoms with Gasteiger partial charge in [0.05, 0.1) is 17.2 Å². The first-order chi connectivity index (χ1) is 10.7. The summed E-state index contributed by atoms with van der Waals surface area (Å²) in [5.74, 6) is -2.14. The highest BCUT2D eigenvalue weighted by Crippen LogP contribution is 2.22. The number of sulfone groups is 1. The standard InChI is InChI=1S/C14H15BrFNO5S/c15-10-1-2-12(11(16)6-10)17-13(18)7-22-14(19)5-9-3-4-23(20,21)8-9/h1-2,6,9H,3-5,7-8H2,(H,17,18)/t9-/m1/s1. The fourth-order valence-electron chi connectivity index (χ4n) is 2.25. The van der Waals surface area contributed by atoms with Crippen LogP contribution < -0.4 is 5.32 Å². The number of benzene rings is 1. The van der Waals surface area contributed by atoms with Crippen LogP contribution in [0.15, 0.2) is 22.7 Å². The van der Waals surface area contributed by atoms with Crippen molar-refractivity contribution in [2.45, 2.75) is 12.8 Å².